The standard InChI is InChI=1S/C26H35N9O2/c1-5-27-23-14-22-21(16-28-23)26(18-15-29-33(4)17-18)31-35(22)19-6-8-20(9-7-19)37-24-10-11-25(36)34(30-24)13-12-32(2)3/h10-11,14-17,19-20H,5-9,12-13H2,1-4H3,(H,27,28). The molecule has 0 bridgehead atoms. The van der Waals surface area contributed by atoms with E-state index in [1.54, 1.807) is 10.7 Å². The maximum absolute atomic E-state index is 12.2. The van der Waals surface area contributed by atoms with E-state index in [4.69, 9.17) is 9.84 Å². The molecule has 37 heavy (non-hydrogen) atoms. The predicted octanol–water partition coefficient (Wildman–Crippen LogP) is 2.94. The highest BCUT2D eigenvalue weighted by Crippen LogP contribution is 2.36. The molecule has 4 aromatic heterocycles. The number of ether oxygens (including phenoxy) is 1. The molecule has 0 spiro atoms. The quantitative estimate of drug-likeness (QED) is 0.370. The highest BCUT2D eigenvalue weighted by molar-refractivity contribution is 5.93. The maximum atomic E-state index is 12.2. The molecule has 1 N–H and O–H groups in total. The minimum atomic E-state index is -0.112. The monoisotopic (exact) mass is 505 g/mol. The second-order valence-corrected chi connectivity index (χ2v) is 9.90. The summed E-state index contributed by atoms with van der Waals surface area (Å²) in [7, 11) is 5.86. The molecule has 11 nitrogen and oxygen atoms in total. The zero-order chi connectivity index (χ0) is 25.9. The molecule has 1 saturated carbocycles. The number of aryl methyl sites for hydroxylation is 1. The van der Waals surface area contributed by atoms with Crippen molar-refractivity contribution in [3.05, 3.63) is 47.1 Å². The summed E-state index contributed by atoms with van der Waals surface area (Å²) in [6.45, 7) is 4.15. The minimum absolute atomic E-state index is 0.0576. The molecule has 4 aromatic rings. The van der Waals surface area contributed by atoms with Crippen LogP contribution in [0.2, 0.25) is 0 Å². The Hall–Kier alpha value is -3.73. The van der Waals surface area contributed by atoms with Crippen LogP contribution in [0.1, 0.15) is 38.6 Å². The number of anilines is 1. The van der Waals surface area contributed by atoms with E-state index in [9.17, 15) is 4.79 Å². The van der Waals surface area contributed by atoms with E-state index in [-0.39, 0.29) is 17.7 Å². The van der Waals surface area contributed by atoms with Crippen LogP contribution in [-0.2, 0) is 13.6 Å². The normalized spacial score (nSPS) is 18.0. The Labute approximate surface area is 216 Å². The lowest BCUT2D eigenvalue weighted by Crippen LogP contribution is -2.30. The number of pyridine rings is 1. The van der Waals surface area contributed by atoms with Gasteiger partial charge in [-0.25, -0.2) is 9.67 Å². The van der Waals surface area contributed by atoms with Crippen molar-refractivity contribution >= 4 is 16.7 Å². The summed E-state index contributed by atoms with van der Waals surface area (Å²) in [5, 5.41) is 18.2. The van der Waals surface area contributed by atoms with Crippen molar-refractivity contribution in [2.45, 2.75) is 51.3 Å². The van der Waals surface area contributed by atoms with E-state index in [1.165, 1.54) is 10.7 Å². The molecule has 11 heteroatoms. The van der Waals surface area contributed by atoms with Gasteiger partial charge >= 0.3 is 0 Å². The molecule has 1 aliphatic rings. The topological polar surface area (TPSA) is 108 Å². The molecular weight excluding hydrogens is 470 g/mol. The molecule has 0 radical (unpaired) electrons. The largest absolute Gasteiger partial charge is 0.473 e. The summed E-state index contributed by atoms with van der Waals surface area (Å²) in [4.78, 5) is 18.8. The first-order valence-corrected chi connectivity index (χ1v) is 12.9. The van der Waals surface area contributed by atoms with Crippen LogP contribution in [0.15, 0.2) is 41.6 Å². The third-order valence-electron chi connectivity index (χ3n) is 6.81. The summed E-state index contributed by atoms with van der Waals surface area (Å²) in [6, 6.07) is 5.56. The van der Waals surface area contributed by atoms with Gasteiger partial charge in [-0.1, -0.05) is 0 Å². The van der Waals surface area contributed by atoms with Gasteiger partial charge in [0, 0.05) is 61.7 Å². The number of hydrogen-bond acceptors (Lipinski definition) is 8. The molecule has 0 unspecified atom stereocenters. The first-order valence-electron chi connectivity index (χ1n) is 12.9. The minimum Gasteiger partial charge on any atom is -0.473 e. The Balaban J connectivity index is 1.33. The Morgan fingerprint density at radius 3 is 2.65 bits per heavy atom. The van der Waals surface area contributed by atoms with Crippen molar-refractivity contribution < 1.29 is 4.74 Å². The van der Waals surface area contributed by atoms with Gasteiger partial charge < -0.3 is 15.0 Å². The molecule has 0 atom stereocenters. The van der Waals surface area contributed by atoms with E-state index in [1.807, 2.05) is 44.6 Å². The van der Waals surface area contributed by atoms with Gasteiger partial charge in [0.25, 0.3) is 5.56 Å². The van der Waals surface area contributed by atoms with Gasteiger partial charge in [0.2, 0.25) is 5.88 Å². The van der Waals surface area contributed by atoms with Crippen molar-refractivity contribution in [3.8, 4) is 17.1 Å². The van der Waals surface area contributed by atoms with E-state index < -0.39 is 0 Å². The lowest BCUT2D eigenvalue weighted by molar-refractivity contribution is 0.122. The van der Waals surface area contributed by atoms with Gasteiger partial charge in [-0.2, -0.15) is 10.2 Å². The summed E-state index contributed by atoms with van der Waals surface area (Å²) < 4.78 is 11.6. The molecular formula is C26H35N9O2. The maximum Gasteiger partial charge on any atom is 0.267 e. The summed E-state index contributed by atoms with van der Waals surface area (Å²) in [6.07, 6.45) is 9.45. The second-order valence-electron chi connectivity index (χ2n) is 9.90. The Kier molecular flexibility index (Phi) is 7.22. The fraction of sp³-hybridized carbons (Fsp3) is 0.500. The number of aromatic nitrogens is 7. The number of hydrogen-bond donors (Lipinski definition) is 1. The summed E-state index contributed by atoms with van der Waals surface area (Å²) in [5.74, 6) is 1.35. The van der Waals surface area contributed by atoms with Crippen molar-refractivity contribution in [2.75, 3.05) is 32.5 Å². The predicted molar refractivity (Wildman–Crippen MR) is 143 cm³/mol. The lowest BCUT2D eigenvalue weighted by Gasteiger charge is -2.29. The third kappa shape index (κ3) is 5.51. The molecule has 0 aliphatic heterocycles. The van der Waals surface area contributed by atoms with Gasteiger partial charge in [0.05, 0.1) is 24.3 Å². The molecule has 1 aliphatic carbocycles. The fourth-order valence-electron chi connectivity index (χ4n) is 4.87. The number of likely N-dealkylation sites (N-methyl/N-ethyl adjacent to an activating group) is 1. The average molecular weight is 506 g/mol. The number of nitrogens with one attached hydrogen (secondary N) is 1. The second kappa shape index (κ2) is 10.7. The van der Waals surface area contributed by atoms with Crippen LogP contribution in [0.5, 0.6) is 5.88 Å². The number of nitrogens with zero attached hydrogens (tertiary/aromatic N) is 8. The van der Waals surface area contributed by atoms with Crippen LogP contribution in [0.3, 0.4) is 0 Å². The van der Waals surface area contributed by atoms with Crippen LogP contribution in [-0.4, -0.2) is 72.5 Å². The third-order valence-corrected chi connectivity index (χ3v) is 6.81. The van der Waals surface area contributed by atoms with E-state index in [2.05, 4.69) is 38.2 Å². The molecule has 0 amide bonds. The molecule has 0 aromatic carbocycles. The smallest absolute Gasteiger partial charge is 0.267 e. The van der Waals surface area contributed by atoms with Crippen molar-refractivity contribution in [3.63, 3.8) is 0 Å². The zero-order valence-corrected chi connectivity index (χ0v) is 22.0. The SMILES string of the molecule is CCNc1cc2c(cn1)c(-c1cnn(C)c1)nn2C1CCC(Oc2ccc(=O)n(CCN(C)C)n2)CC1. The zero-order valence-electron chi connectivity index (χ0n) is 22.0. The van der Waals surface area contributed by atoms with Crippen LogP contribution in [0.25, 0.3) is 22.2 Å². The summed E-state index contributed by atoms with van der Waals surface area (Å²) in [5.41, 5.74) is 2.85. The average Bonchev–Trinajstić information content (AvgIpc) is 3.48. The van der Waals surface area contributed by atoms with Crippen molar-refractivity contribution in [1.29, 1.82) is 0 Å². The van der Waals surface area contributed by atoms with Crippen LogP contribution < -0.4 is 15.6 Å². The summed E-state index contributed by atoms with van der Waals surface area (Å²) >= 11 is 0. The molecule has 5 rings (SSSR count). The lowest BCUT2D eigenvalue weighted by atomic mass is 9.93. The molecule has 1 fully saturated rings. The highest BCUT2D eigenvalue weighted by atomic mass is 16.5. The van der Waals surface area contributed by atoms with Gasteiger partial charge in [0.1, 0.15) is 17.6 Å². The Morgan fingerprint density at radius 1 is 1.14 bits per heavy atom. The van der Waals surface area contributed by atoms with Gasteiger partial charge in [-0.15, -0.1) is 5.10 Å². The highest BCUT2D eigenvalue weighted by Gasteiger charge is 2.27. The van der Waals surface area contributed by atoms with Gasteiger partial charge in [-0.05, 0) is 46.7 Å². The van der Waals surface area contributed by atoms with Gasteiger partial charge in [0.15, 0.2) is 0 Å². The fourth-order valence-corrected chi connectivity index (χ4v) is 4.87. The van der Waals surface area contributed by atoms with E-state index in [0.717, 1.165) is 66.8 Å². The van der Waals surface area contributed by atoms with Crippen molar-refractivity contribution in [1.82, 2.24) is 39.2 Å². The Morgan fingerprint density at radius 2 is 1.95 bits per heavy atom. The molecule has 196 valence electrons. The van der Waals surface area contributed by atoms with E-state index in [0.29, 0.717) is 12.4 Å². The Bertz CT molecular complexity index is 1410. The molecule has 0 saturated heterocycles. The van der Waals surface area contributed by atoms with Crippen LogP contribution >= 0.6 is 0 Å². The first-order chi connectivity index (χ1) is 17.9. The van der Waals surface area contributed by atoms with Crippen LogP contribution in [0.4, 0.5) is 5.82 Å². The number of fused-ring (bicyclic) bond motifs is 1. The first kappa shape index (κ1) is 24.9. The van der Waals surface area contributed by atoms with Crippen LogP contribution in [0, 0.1) is 0 Å². The van der Waals surface area contributed by atoms with Gasteiger partial charge in [-0.3, -0.25) is 14.2 Å². The molecule has 4 heterocycles. The number of rotatable bonds is 9. The van der Waals surface area contributed by atoms with E-state index >= 15 is 0 Å². The van der Waals surface area contributed by atoms with Crippen molar-refractivity contribution in [2.24, 2.45) is 7.05 Å².